The Morgan fingerprint density at radius 3 is 2.56 bits per heavy atom. The van der Waals surface area contributed by atoms with Crippen molar-refractivity contribution in [3.05, 3.63) is 82.2 Å². The standard InChI is InChI=1S/C20H17FN4O2/c1-12-18(20(27)25(24(12)2)13-7-4-3-5-8-13)23-19(26)17-11-14-15(21)9-6-10-16(14)22-17/h3-11,22H,1-2H3,(H,23,26). The van der Waals surface area contributed by atoms with E-state index in [4.69, 9.17) is 0 Å². The molecule has 0 fully saturated rings. The van der Waals surface area contributed by atoms with Gasteiger partial charge in [-0.2, -0.15) is 0 Å². The van der Waals surface area contributed by atoms with E-state index in [2.05, 4.69) is 10.3 Å². The normalized spacial score (nSPS) is 11.1. The highest BCUT2D eigenvalue weighted by molar-refractivity contribution is 6.06. The smallest absolute Gasteiger partial charge is 0.295 e. The average Bonchev–Trinajstić information content (AvgIpc) is 3.19. The highest BCUT2D eigenvalue weighted by Gasteiger charge is 2.20. The van der Waals surface area contributed by atoms with Gasteiger partial charge in [0.1, 0.15) is 17.2 Å². The Bertz CT molecular complexity index is 1220. The van der Waals surface area contributed by atoms with Crippen LogP contribution < -0.4 is 10.9 Å². The van der Waals surface area contributed by atoms with Gasteiger partial charge in [-0.25, -0.2) is 9.07 Å². The van der Waals surface area contributed by atoms with Gasteiger partial charge >= 0.3 is 0 Å². The van der Waals surface area contributed by atoms with Crippen molar-refractivity contribution in [1.82, 2.24) is 14.3 Å². The number of nitrogens with zero attached hydrogens (tertiary/aromatic N) is 2. The summed E-state index contributed by atoms with van der Waals surface area (Å²) in [5.74, 6) is -0.915. The minimum Gasteiger partial charge on any atom is -0.350 e. The van der Waals surface area contributed by atoms with Gasteiger partial charge in [0.15, 0.2) is 0 Å². The number of aromatic amines is 1. The molecule has 0 bridgehead atoms. The molecule has 0 aliphatic carbocycles. The van der Waals surface area contributed by atoms with Gasteiger partial charge in [0.05, 0.1) is 11.4 Å². The molecule has 0 saturated carbocycles. The first-order valence-electron chi connectivity index (χ1n) is 8.40. The predicted molar refractivity (Wildman–Crippen MR) is 102 cm³/mol. The Kier molecular flexibility index (Phi) is 3.92. The highest BCUT2D eigenvalue weighted by atomic mass is 19.1. The average molecular weight is 364 g/mol. The zero-order chi connectivity index (χ0) is 19.1. The van der Waals surface area contributed by atoms with Crippen LogP contribution in [0.15, 0.2) is 59.4 Å². The summed E-state index contributed by atoms with van der Waals surface area (Å²) in [6.07, 6.45) is 0. The lowest BCUT2D eigenvalue weighted by molar-refractivity contribution is 0.102. The Labute approximate surface area is 153 Å². The third kappa shape index (κ3) is 2.73. The van der Waals surface area contributed by atoms with Gasteiger partial charge < -0.3 is 10.3 Å². The lowest BCUT2D eigenvalue weighted by atomic mass is 10.2. The number of benzene rings is 2. The van der Waals surface area contributed by atoms with Crippen LogP contribution in [-0.2, 0) is 7.05 Å². The molecule has 2 aromatic carbocycles. The van der Waals surface area contributed by atoms with Crippen LogP contribution in [0.25, 0.3) is 16.6 Å². The molecular formula is C20H17FN4O2. The Balaban J connectivity index is 1.73. The molecule has 6 nitrogen and oxygen atoms in total. The van der Waals surface area contributed by atoms with Gasteiger partial charge in [-0.1, -0.05) is 24.3 Å². The second kappa shape index (κ2) is 6.28. The molecular weight excluding hydrogens is 347 g/mol. The number of nitrogens with one attached hydrogen (secondary N) is 2. The highest BCUT2D eigenvalue weighted by Crippen LogP contribution is 2.20. The molecule has 27 heavy (non-hydrogen) atoms. The molecule has 0 spiro atoms. The second-order valence-electron chi connectivity index (χ2n) is 6.27. The van der Waals surface area contributed by atoms with Crippen LogP contribution in [-0.4, -0.2) is 20.3 Å². The number of H-pyrrole nitrogens is 1. The molecule has 4 rings (SSSR count). The number of aromatic nitrogens is 3. The molecule has 2 heterocycles. The van der Waals surface area contributed by atoms with E-state index in [1.807, 2.05) is 30.3 Å². The molecule has 0 saturated heterocycles. The number of anilines is 1. The fourth-order valence-corrected chi connectivity index (χ4v) is 3.13. The van der Waals surface area contributed by atoms with E-state index in [1.165, 1.54) is 16.8 Å². The van der Waals surface area contributed by atoms with E-state index in [-0.39, 0.29) is 16.9 Å². The zero-order valence-electron chi connectivity index (χ0n) is 14.8. The summed E-state index contributed by atoms with van der Waals surface area (Å²) in [6, 6.07) is 15.2. The number of hydrogen-bond acceptors (Lipinski definition) is 2. The predicted octanol–water partition coefficient (Wildman–Crippen LogP) is 3.36. The first kappa shape index (κ1) is 16.8. The largest absolute Gasteiger partial charge is 0.350 e. The van der Waals surface area contributed by atoms with Crippen molar-refractivity contribution in [2.24, 2.45) is 7.05 Å². The first-order chi connectivity index (χ1) is 13.0. The SMILES string of the molecule is Cc1c(NC(=O)c2cc3c(F)cccc3[nH]2)c(=O)n(-c2ccccc2)n1C. The van der Waals surface area contributed by atoms with E-state index in [0.29, 0.717) is 22.3 Å². The van der Waals surface area contributed by atoms with Crippen molar-refractivity contribution >= 4 is 22.5 Å². The Morgan fingerprint density at radius 1 is 1.11 bits per heavy atom. The van der Waals surface area contributed by atoms with Crippen LogP contribution in [0.2, 0.25) is 0 Å². The van der Waals surface area contributed by atoms with E-state index in [1.54, 1.807) is 30.8 Å². The van der Waals surface area contributed by atoms with Crippen molar-refractivity contribution in [3.63, 3.8) is 0 Å². The van der Waals surface area contributed by atoms with Crippen LogP contribution in [0, 0.1) is 12.7 Å². The van der Waals surface area contributed by atoms with Gasteiger partial charge in [0.2, 0.25) is 0 Å². The molecule has 0 atom stereocenters. The lowest BCUT2D eigenvalue weighted by Crippen LogP contribution is -2.23. The Morgan fingerprint density at radius 2 is 1.85 bits per heavy atom. The van der Waals surface area contributed by atoms with Gasteiger partial charge in [-0.15, -0.1) is 0 Å². The monoisotopic (exact) mass is 364 g/mol. The molecule has 136 valence electrons. The minimum atomic E-state index is -0.503. The number of fused-ring (bicyclic) bond motifs is 1. The molecule has 4 aromatic rings. The van der Waals surface area contributed by atoms with E-state index < -0.39 is 11.7 Å². The molecule has 2 N–H and O–H groups in total. The molecule has 2 aromatic heterocycles. The third-order valence-corrected chi connectivity index (χ3v) is 4.65. The number of halogens is 1. The number of para-hydroxylation sites is 1. The molecule has 0 aliphatic heterocycles. The quantitative estimate of drug-likeness (QED) is 0.585. The summed E-state index contributed by atoms with van der Waals surface area (Å²) in [6.45, 7) is 1.75. The number of rotatable bonds is 3. The van der Waals surface area contributed by atoms with E-state index >= 15 is 0 Å². The number of hydrogen-bond donors (Lipinski definition) is 2. The second-order valence-corrected chi connectivity index (χ2v) is 6.27. The maximum atomic E-state index is 13.9. The van der Waals surface area contributed by atoms with Crippen LogP contribution >= 0.6 is 0 Å². The van der Waals surface area contributed by atoms with Crippen molar-refractivity contribution in [2.75, 3.05) is 5.32 Å². The number of amides is 1. The maximum Gasteiger partial charge on any atom is 0.295 e. The summed E-state index contributed by atoms with van der Waals surface area (Å²) >= 11 is 0. The van der Waals surface area contributed by atoms with Crippen LogP contribution in [0.3, 0.4) is 0 Å². The molecule has 7 heteroatoms. The fraction of sp³-hybridized carbons (Fsp3) is 0.100. The summed E-state index contributed by atoms with van der Waals surface area (Å²) in [4.78, 5) is 28.4. The number of carbonyl (C=O) groups is 1. The van der Waals surface area contributed by atoms with Crippen LogP contribution in [0.4, 0.5) is 10.1 Å². The van der Waals surface area contributed by atoms with Gasteiger partial charge in [-0.05, 0) is 37.3 Å². The van der Waals surface area contributed by atoms with E-state index in [0.717, 1.165) is 0 Å². The molecule has 0 unspecified atom stereocenters. The zero-order valence-corrected chi connectivity index (χ0v) is 14.8. The van der Waals surface area contributed by atoms with Gasteiger partial charge in [0, 0.05) is 18.0 Å². The molecule has 0 radical (unpaired) electrons. The Hall–Kier alpha value is -3.61. The molecule has 0 aliphatic rings. The van der Waals surface area contributed by atoms with Crippen molar-refractivity contribution in [1.29, 1.82) is 0 Å². The topological polar surface area (TPSA) is 71.8 Å². The van der Waals surface area contributed by atoms with E-state index in [9.17, 15) is 14.0 Å². The summed E-state index contributed by atoms with van der Waals surface area (Å²) in [5.41, 5.74) is 1.86. The van der Waals surface area contributed by atoms with Gasteiger partial charge in [0.25, 0.3) is 11.5 Å². The molecule has 1 amide bonds. The third-order valence-electron chi connectivity index (χ3n) is 4.65. The van der Waals surface area contributed by atoms with Crippen LogP contribution in [0.5, 0.6) is 0 Å². The van der Waals surface area contributed by atoms with Crippen molar-refractivity contribution < 1.29 is 9.18 Å². The summed E-state index contributed by atoms with van der Waals surface area (Å²) < 4.78 is 17.0. The lowest BCUT2D eigenvalue weighted by Gasteiger charge is -2.07. The van der Waals surface area contributed by atoms with Crippen molar-refractivity contribution in [2.45, 2.75) is 6.92 Å². The minimum absolute atomic E-state index is 0.184. The first-order valence-corrected chi connectivity index (χ1v) is 8.40. The summed E-state index contributed by atoms with van der Waals surface area (Å²) in [7, 11) is 1.75. The van der Waals surface area contributed by atoms with Crippen LogP contribution in [0.1, 0.15) is 16.2 Å². The van der Waals surface area contributed by atoms with Crippen molar-refractivity contribution in [3.8, 4) is 5.69 Å². The van der Waals surface area contributed by atoms with Gasteiger partial charge in [-0.3, -0.25) is 14.3 Å². The summed E-state index contributed by atoms with van der Waals surface area (Å²) in [5, 5.41) is 2.99. The fourth-order valence-electron chi connectivity index (χ4n) is 3.13. The number of carbonyl (C=O) groups excluding carboxylic acids is 1. The maximum absolute atomic E-state index is 13.9.